The van der Waals surface area contributed by atoms with Gasteiger partial charge < -0.3 is 9.84 Å². The molecule has 0 aliphatic rings. The van der Waals surface area contributed by atoms with Gasteiger partial charge in [0.25, 0.3) is 0 Å². The number of carbonyl (C=O) groups excluding carboxylic acids is 1. The van der Waals surface area contributed by atoms with Gasteiger partial charge in [-0.2, -0.15) is 0 Å². The largest absolute Gasteiger partial charge is 0.507 e. The van der Waals surface area contributed by atoms with E-state index in [9.17, 15) is 9.90 Å². The second kappa shape index (κ2) is 7.27. The number of benzene rings is 2. The van der Waals surface area contributed by atoms with Crippen LogP contribution in [0.25, 0.3) is 6.08 Å². The van der Waals surface area contributed by atoms with Gasteiger partial charge in [0.2, 0.25) is 0 Å². The lowest BCUT2D eigenvalue weighted by Crippen LogP contribution is -2.06. The Bertz CT molecular complexity index is 705. The molecule has 0 amide bonds. The van der Waals surface area contributed by atoms with Crippen LogP contribution in [0.1, 0.15) is 29.8 Å². The van der Waals surface area contributed by atoms with Gasteiger partial charge in [0.1, 0.15) is 11.5 Å². The number of halogens is 1. The highest BCUT2D eigenvalue weighted by Crippen LogP contribution is 2.24. The molecule has 22 heavy (non-hydrogen) atoms. The lowest BCUT2D eigenvalue weighted by Gasteiger charge is -2.12. The van der Waals surface area contributed by atoms with Crippen LogP contribution in [-0.2, 0) is 0 Å². The number of hydrogen-bond acceptors (Lipinski definition) is 3. The first-order valence-corrected chi connectivity index (χ1v) is 7.73. The number of ketones is 1. The predicted octanol–water partition coefficient (Wildman–Crippen LogP) is 4.84. The van der Waals surface area contributed by atoms with Gasteiger partial charge in [-0.3, -0.25) is 4.79 Å². The third-order valence-electron chi connectivity index (χ3n) is 2.92. The summed E-state index contributed by atoms with van der Waals surface area (Å²) < 4.78 is 6.45. The molecule has 0 aliphatic heterocycles. The Morgan fingerprint density at radius 2 is 1.95 bits per heavy atom. The average Bonchev–Trinajstić information content (AvgIpc) is 2.48. The number of hydrogen-bond donors (Lipinski definition) is 1. The van der Waals surface area contributed by atoms with E-state index in [0.29, 0.717) is 0 Å². The number of para-hydroxylation sites is 1. The molecule has 0 aromatic heterocycles. The van der Waals surface area contributed by atoms with Crippen LogP contribution in [0, 0.1) is 0 Å². The molecule has 0 atom stereocenters. The van der Waals surface area contributed by atoms with E-state index in [1.54, 1.807) is 18.2 Å². The molecule has 4 heteroatoms. The van der Waals surface area contributed by atoms with Crippen molar-refractivity contribution in [1.29, 1.82) is 0 Å². The summed E-state index contributed by atoms with van der Waals surface area (Å²) in [5.41, 5.74) is 1.08. The maximum atomic E-state index is 12.2. The monoisotopic (exact) mass is 360 g/mol. The zero-order valence-corrected chi connectivity index (χ0v) is 14.0. The van der Waals surface area contributed by atoms with Crippen LogP contribution < -0.4 is 4.74 Å². The zero-order chi connectivity index (χ0) is 16.1. The second-order valence-electron chi connectivity index (χ2n) is 5.06. The van der Waals surface area contributed by atoms with Crippen LogP contribution >= 0.6 is 15.9 Å². The van der Waals surface area contributed by atoms with E-state index in [2.05, 4.69) is 15.9 Å². The summed E-state index contributed by atoms with van der Waals surface area (Å²) in [6.45, 7) is 3.90. The Morgan fingerprint density at radius 1 is 1.23 bits per heavy atom. The van der Waals surface area contributed by atoms with Crippen molar-refractivity contribution in [3.8, 4) is 11.5 Å². The SMILES string of the molecule is CC(C)Oc1ccccc1/C=C/C(=O)c1cc(Br)ccc1O. The zero-order valence-electron chi connectivity index (χ0n) is 12.4. The van der Waals surface area contributed by atoms with E-state index in [-0.39, 0.29) is 23.2 Å². The van der Waals surface area contributed by atoms with E-state index >= 15 is 0 Å². The number of ether oxygens (including phenoxy) is 1. The minimum atomic E-state index is -0.266. The summed E-state index contributed by atoms with van der Waals surface area (Å²) in [5.74, 6) is 0.419. The molecule has 0 heterocycles. The molecule has 114 valence electrons. The molecule has 0 radical (unpaired) electrons. The fraction of sp³-hybridized carbons (Fsp3) is 0.167. The molecule has 0 bridgehead atoms. The maximum absolute atomic E-state index is 12.2. The van der Waals surface area contributed by atoms with Crippen LogP contribution in [0.15, 0.2) is 53.0 Å². The van der Waals surface area contributed by atoms with E-state index < -0.39 is 0 Å². The van der Waals surface area contributed by atoms with E-state index in [0.717, 1.165) is 15.8 Å². The van der Waals surface area contributed by atoms with Gasteiger partial charge >= 0.3 is 0 Å². The molecule has 2 aromatic rings. The van der Waals surface area contributed by atoms with Gasteiger partial charge in [-0.15, -0.1) is 0 Å². The maximum Gasteiger partial charge on any atom is 0.189 e. The Morgan fingerprint density at radius 3 is 2.68 bits per heavy atom. The van der Waals surface area contributed by atoms with Crippen molar-refractivity contribution in [2.45, 2.75) is 20.0 Å². The van der Waals surface area contributed by atoms with Gasteiger partial charge in [0, 0.05) is 10.0 Å². The van der Waals surface area contributed by atoms with E-state index in [1.807, 2.05) is 38.1 Å². The lowest BCUT2D eigenvalue weighted by atomic mass is 10.1. The smallest absolute Gasteiger partial charge is 0.189 e. The van der Waals surface area contributed by atoms with Gasteiger partial charge in [-0.1, -0.05) is 34.1 Å². The van der Waals surface area contributed by atoms with Crippen molar-refractivity contribution in [3.05, 3.63) is 64.1 Å². The molecule has 0 spiro atoms. The van der Waals surface area contributed by atoms with Crippen LogP contribution in [-0.4, -0.2) is 17.0 Å². The number of allylic oxidation sites excluding steroid dienone is 1. The van der Waals surface area contributed by atoms with E-state index in [4.69, 9.17) is 4.74 Å². The molecular weight excluding hydrogens is 344 g/mol. The summed E-state index contributed by atoms with van der Waals surface area (Å²) in [7, 11) is 0. The second-order valence-corrected chi connectivity index (χ2v) is 5.98. The fourth-order valence-corrected chi connectivity index (χ4v) is 2.30. The fourth-order valence-electron chi connectivity index (χ4n) is 1.94. The Hall–Kier alpha value is -2.07. The Kier molecular flexibility index (Phi) is 5.39. The highest BCUT2D eigenvalue weighted by atomic mass is 79.9. The third-order valence-corrected chi connectivity index (χ3v) is 3.41. The summed E-state index contributed by atoms with van der Waals surface area (Å²) in [5, 5.41) is 9.78. The van der Waals surface area contributed by atoms with Gasteiger partial charge in [-0.25, -0.2) is 0 Å². The molecule has 0 aliphatic carbocycles. The molecule has 0 unspecified atom stereocenters. The molecule has 2 aromatic carbocycles. The topological polar surface area (TPSA) is 46.5 Å². The van der Waals surface area contributed by atoms with Crippen LogP contribution in [0.3, 0.4) is 0 Å². The Balaban J connectivity index is 2.25. The number of phenols is 1. The molecule has 1 N–H and O–H groups in total. The third kappa shape index (κ3) is 4.21. The predicted molar refractivity (Wildman–Crippen MR) is 91.4 cm³/mol. The van der Waals surface area contributed by atoms with Gasteiger partial charge in [0.05, 0.1) is 11.7 Å². The number of carbonyl (C=O) groups is 1. The number of rotatable bonds is 5. The quantitative estimate of drug-likeness (QED) is 0.612. The molecule has 3 nitrogen and oxygen atoms in total. The summed E-state index contributed by atoms with van der Waals surface area (Å²) in [6, 6.07) is 12.3. The van der Waals surface area contributed by atoms with E-state index in [1.165, 1.54) is 12.1 Å². The average molecular weight is 361 g/mol. The highest BCUT2D eigenvalue weighted by molar-refractivity contribution is 9.10. The molecule has 0 fully saturated rings. The normalized spacial score (nSPS) is 11.1. The molecule has 0 saturated carbocycles. The van der Waals surface area contributed by atoms with Crippen molar-refractivity contribution in [3.63, 3.8) is 0 Å². The first kappa shape index (κ1) is 16.3. The van der Waals surface area contributed by atoms with Gasteiger partial charge in [-0.05, 0) is 50.3 Å². The van der Waals surface area contributed by atoms with Crippen molar-refractivity contribution < 1.29 is 14.6 Å². The number of aromatic hydroxyl groups is 1. The first-order valence-electron chi connectivity index (χ1n) is 6.94. The number of phenolic OH excluding ortho intramolecular Hbond substituents is 1. The van der Waals surface area contributed by atoms with Crippen molar-refractivity contribution >= 4 is 27.8 Å². The van der Waals surface area contributed by atoms with Crippen LogP contribution in [0.5, 0.6) is 11.5 Å². The summed E-state index contributed by atoms with van der Waals surface area (Å²) in [4.78, 5) is 12.2. The summed E-state index contributed by atoms with van der Waals surface area (Å²) in [6.07, 6.45) is 3.18. The van der Waals surface area contributed by atoms with Crippen molar-refractivity contribution in [2.75, 3.05) is 0 Å². The lowest BCUT2D eigenvalue weighted by molar-refractivity contribution is 0.104. The summed E-state index contributed by atoms with van der Waals surface area (Å²) >= 11 is 3.29. The first-order chi connectivity index (χ1) is 10.5. The minimum absolute atomic E-state index is 0.0374. The molecular formula is C18H17BrO3. The van der Waals surface area contributed by atoms with Crippen molar-refractivity contribution in [2.24, 2.45) is 0 Å². The van der Waals surface area contributed by atoms with Gasteiger partial charge in [0.15, 0.2) is 5.78 Å². The van der Waals surface area contributed by atoms with Crippen molar-refractivity contribution in [1.82, 2.24) is 0 Å². The highest BCUT2D eigenvalue weighted by Gasteiger charge is 2.09. The van der Waals surface area contributed by atoms with Crippen LogP contribution in [0.2, 0.25) is 0 Å². The minimum Gasteiger partial charge on any atom is -0.507 e. The molecule has 0 saturated heterocycles. The Labute approximate surface area is 138 Å². The van der Waals surface area contributed by atoms with Crippen LogP contribution in [0.4, 0.5) is 0 Å². The molecule has 2 rings (SSSR count). The standard InChI is InChI=1S/C18H17BrO3/c1-12(2)22-18-6-4-3-5-13(18)7-9-16(20)15-11-14(19)8-10-17(15)21/h3-12,21H,1-2H3/b9-7+.